The number of rotatable bonds is 13. The highest BCUT2D eigenvalue weighted by Crippen LogP contribution is 2.29. The summed E-state index contributed by atoms with van der Waals surface area (Å²) in [6.07, 6.45) is 1.48. The first-order valence-electron chi connectivity index (χ1n) is 11.8. The van der Waals surface area contributed by atoms with Crippen molar-refractivity contribution in [3.05, 3.63) is 65.5 Å². The van der Waals surface area contributed by atoms with Gasteiger partial charge in [-0.15, -0.1) is 0 Å². The van der Waals surface area contributed by atoms with E-state index in [1.807, 2.05) is 25.1 Å². The first kappa shape index (κ1) is 27.2. The Kier molecular flexibility index (Phi) is 9.49. The summed E-state index contributed by atoms with van der Waals surface area (Å²) < 4.78 is 45.5. The lowest BCUT2D eigenvalue weighted by atomic mass is 10.2. The number of benzene rings is 2. The van der Waals surface area contributed by atoms with Gasteiger partial charge in [-0.1, -0.05) is 37.6 Å². The van der Waals surface area contributed by atoms with E-state index in [9.17, 15) is 8.42 Å². The molecule has 2 aromatic carbocycles. The lowest BCUT2D eigenvalue weighted by Gasteiger charge is -2.19. The average Bonchev–Trinajstić information content (AvgIpc) is 2.87. The molecule has 0 spiro atoms. The number of sulfonamides is 1. The monoisotopic (exact) mass is 514 g/mol. The van der Waals surface area contributed by atoms with Gasteiger partial charge in [0.05, 0.1) is 23.9 Å². The summed E-state index contributed by atoms with van der Waals surface area (Å²) >= 11 is 0. The zero-order valence-electron chi connectivity index (χ0n) is 21.4. The largest absolute Gasteiger partial charge is 0.493 e. The van der Waals surface area contributed by atoms with E-state index >= 15 is 0 Å². The van der Waals surface area contributed by atoms with Gasteiger partial charge < -0.3 is 19.1 Å². The third-order valence-electron chi connectivity index (χ3n) is 5.59. The average molecular weight is 515 g/mol. The summed E-state index contributed by atoms with van der Waals surface area (Å²) in [7, 11) is -2.26. The summed E-state index contributed by atoms with van der Waals surface area (Å²) in [5.41, 5.74) is 2.37. The van der Waals surface area contributed by atoms with Crippen LogP contribution >= 0.6 is 0 Å². The summed E-state index contributed by atoms with van der Waals surface area (Å²) in [6.45, 7) is 11.3. The minimum Gasteiger partial charge on any atom is -0.493 e. The molecule has 0 saturated heterocycles. The van der Waals surface area contributed by atoms with Crippen LogP contribution in [0.3, 0.4) is 0 Å². The van der Waals surface area contributed by atoms with Crippen molar-refractivity contribution < 1.29 is 22.6 Å². The second kappa shape index (κ2) is 12.5. The highest BCUT2D eigenvalue weighted by molar-refractivity contribution is 7.92. The number of aromatic nitrogens is 2. The van der Waals surface area contributed by atoms with Crippen molar-refractivity contribution in [1.82, 2.24) is 14.9 Å². The third-order valence-corrected chi connectivity index (χ3v) is 6.94. The molecule has 194 valence electrons. The van der Waals surface area contributed by atoms with E-state index in [1.165, 1.54) is 6.20 Å². The van der Waals surface area contributed by atoms with Crippen molar-refractivity contribution in [3.63, 3.8) is 0 Å². The Morgan fingerprint density at radius 3 is 2.36 bits per heavy atom. The number of anilines is 1. The molecule has 9 nitrogen and oxygen atoms in total. The number of methoxy groups -OCH3 is 1. The van der Waals surface area contributed by atoms with E-state index in [1.54, 1.807) is 38.3 Å². The van der Waals surface area contributed by atoms with Crippen molar-refractivity contribution in [2.75, 3.05) is 38.1 Å². The number of hydrogen-bond donors (Lipinski definition) is 1. The van der Waals surface area contributed by atoms with E-state index < -0.39 is 10.0 Å². The van der Waals surface area contributed by atoms with Crippen molar-refractivity contribution in [2.45, 2.75) is 39.2 Å². The molecular formula is C26H34N4O5S. The first-order chi connectivity index (χ1) is 17.2. The predicted molar refractivity (Wildman–Crippen MR) is 139 cm³/mol. The van der Waals surface area contributed by atoms with Gasteiger partial charge in [0, 0.05) is 6.54 Å². The summed E-state index contributed by atoms with van der Waals surface area (Å²) in [5, 5.41) is 0. The zero-order chi connectivity index (χ0) is 26.1. The quantitative estimate of drug-likeness (QED) is 0.362. The van der Waals surface area contributed by atoms with Crippen molar-refractivity contribution >= 4 is 15.8 Å². The van der Waals surface area contributed by atoms with Gasteiger partial charge in [0.15, 0.2) is 11.5 Å². The molecule has 1 aromatic heterocycles. The van der Waals surface area contributed by atoms with Crippen molar-refractivity contribution in [1.29, 1.82) is 0 Å². The van der Waals surface area contributed by atoms with E-state index in [0.29, 0.717) is 23.8 Å². The fraction of sp³-hybridized carbons (Fsp3) is 0.385. The SMILES string of the molecule is CCN(CC)CCOc1cc(COc2nc(C)cnc2NS(=O)(=O)c2ccc(C)cc2)ccc1OC. The Labute approximate surface area is 213 Å². The van der Waals surface area contributed by atoms with E-state index in [0.717, 1.165) is 30.8 Å². The van der Waals surface area contributed by atoms with Crippen LogP contribution in [0.15, 0.2) is 53.6 Å². The summed E-state index contributed by atoms with van der Waals surface area (Å²) in [5.74, 6) is 1.34. The van der Waals surface area contributed by atoms with Crippen LogP contribution in [-0.2, 0) is 16.6 Å². The molecule has 0 bridgehead atoms. The number of ether oxygens (including phenoxy) is 3. The number of hydrogen-bond acceptors (Lipinski definition) is 8. The molecular weight excluding hydrogens is 480 g/mol. The molecule has 0 aliphatic rings. The van der Waals surface area contributed by atoms with Crippen LogP contribution in [0.25, 0.3) is 0 Å². The van der Waals surface area contributed by atoms with Crippen LogP contribution in [0.4, 0.5) is 5.82 Å². The molecule has 0 aliphatic heterocycles. The normalized spacial score (nSPS) is 11.4. The van der Waals surface area contributed by atoms with Crippen LogP contribution in [0.1, 0.15) is 30.7 Å². The van der Waals surface area contributed by atoms with Crippen LogP contribution < -0.4 is 18.9 Å². The molecule has 1 heterocycles. The third kappa shape index (κ3) is 7.32. The Bertz CT molecular complexity index is 1250. The van der Waals surface area contributed by atoms with E-state index in [2.05, 4.69) is 33.4 Å². The van der Waals surface area contributed by atoms with Gasteiger partial charge in [-0.05, 0) is 56.8 Å². The van der Waals surface area contributed by atoms with Gasteiger partial charge in [0.2, 0.25) is 5.82 Å². The van der Waals surface area contributed by atoms with Crippen molar-refractivity contribution in [3.8, 4) is 17.4 Å². The number of likely N-dealkylation sites (N-methyl/N-ethyl adjacent to an activating group) is 1. The van der Waals surface area contributed by atoms with Gasteiger partial charge in [-0.2, -0.15) is 0 Å². The molecule has 0 aliphatic carbocycles. The standard InChI is InChI=1S/C26H34N4O5S/c1-6-30(7-2)14-15-34-24-16-21(10-13-23(24)33-5)18-35-26-25(27-17-20(4)28-26)29-36(31,32)22-11-8-19(3)9-12-22/h8-13,16-17H,6-7,14-15,18H2,1-5H3,(H,27,29). The molecule has 0 unspecified atom stereocenters. The molecule has 0 radical (unpaired) electrons. The molecule has 3 aromatic rings. The Morgan fingerprint density at radius 2 is 1.69 bits per heavy atom. The smallest absolute Gasteiger partial charge is 0.263 e. The zero-order valence-corrected chi connectivity index (χ0v) is 22.3. The fourth-order valence-electron chi connectivity index (χ4n) is 3.43. The van der Waals surface area contributed by atoms with Gasteiger partial charge in [0.25, 0.3) is 15.9 Å². The minimum absolute atomic E-state index is 0.0189. The lowest BCUT2D eigenvalue weighted by Crippen LogP contribution is -2.28. The second-order valence-electron chi connectivity index (χ2n) is 8.23. The molecule has 36 heavy (non-hydrogen) atoms. The second-order valence-corrected chi connectivity index (χ2v) is 9.92. The number of nitrogens with zero attached hydrogens (tertiary/aromatic N) is 3. The maximum absolute atomic E-state index is 12.9. The van der Waals surface area contributed by atoms with Crippen molar-refractivity contribution in [2.24, 2.45) is 0 Å². The molecule has 1 N–H and O–H groups in total. The van der Waals surface area contributed by atoms with Gasteiger partial charge in [-0.3, -0.25) is 4.72 Å². The highest BCUT2D eigenvalue weighted by Gasteiger charge is 2.19. The maximum Gasteiger partial charge on any atom is 0.263 e. The molecule has 3 rings (SSSR count). The maximum atomic E-state index is 12.9. The molecule has 0 amide bonds. The van der Waals surface area contributed by atoms with E-state index in [4.69, 9.17) is 14.2 Å². The van der Waals surface area contributed by atoms with Gasteiger partial charge in [0.1, 0.15) is 13.2 Å². The molecule has 0 atom stereocenters. The number of nitrogens with one attached hydrogen (secondary N) is 1. The Morgan fingerprint density at radius 1 is 0.972 bits per heavy atom. The Balaban J connectivity index is 1.74. The molecule has 0 saturated carbocycles. The van der Waals surface area contributed by atoms with Gasteiger partial charge in [-0.25, -0.2) is 18.4 Å². The summed E-state index contributed by atoms with van der Waals surface area (Å²) in [6, 6.07) is 12.1. The van der Waals surface area contributed by atoms with Crippen LogP contribution in [0.2, 0.25) is 0 Å². The summed E-state index contributed by atoms with van der Waals surface area (Å²) in [4.78, 5) is 11.0. The van der Waals surface area contributed by atoms with Crippen LogP contribution in [-0.4, -0.2) is 56.6 Å². The lowest BCUT2D eigenvalue weighted by molar-refractivity contribution is 0.216. The highest BCUT2D eigenvalue weighted by atomic mass is 32.2. The van der Waals surface area contributed by atoms with E-state index in [-0.39, 0.29) is 23.2 Å². The molecule has 10 heteroatoms. The van der Waals surface area contributed by atoms with Gasteiger partial charge >= 0.3 is 0 Å². The topological polar surface area (TPSA) is 103 Å². The van der Waals surface area contributed by atoms with Crippen LogP contribution in [0, 0.1) is 13.8 Å². The number of aryl methyl sites for hydroxylation is 2. The molecule has 0 fully saturated rings. The predicted octanol–water partition coefficient (Wildman–Crippen LogP) is 4.20. The minimum atomic E-state index is -3.86. The van der Waals surface area contributed by atoms with Crippen LogP contribution in [0.5, 0.6) is 17.4 Å². The first-order valence-corrected chi connectivity index (χ1v) is 13.3. The Hall–Kier alpha value is -3.37. The fourth-order valence-corrected chi connectivity index (χ4v) is 4.44.